The third kappa shape index (κ3) is 4.74. The van der Waals surface area contributed by atoms with Crippen molar-refractivity contribution in [3.05, 3.63) is 65.2 Å². The minimum atomic E-state index is -0.473. The van der Waals surface area contributed by atoms with Crippen LogP contribution >= 0.6 is 0 Å². The van der Waals surface area contributed by atoms with Crippen LogP contribution in [0.3, 0.4) is 0 Å². The molecule has 0 N–H and O–H groups in total. The molecule has 0 saturated carbocycles. The lowest BCUT2D eigenvalue weighted by Crippen LogP contribution is -2.00. The van der Waals surface area contributed by atoms with Crippen molar-refractivity contribution >= 4 is 12.2 Å². The Labute approximate surface area is 130 Å². The first-order valence-corrected chi connectivity index (χ1v) is 7.23. The van der Waals surface area contributed by atoms with Gasteiger partial charge in [0.1, 0.15) is 5.75 Å². The first-order valence-electron chi connectivity index (χ1n) is 7.23. The third-order valence-corrected chi connectivity index (χ3v) is 2.98. The zero-order valence-electron chi connectivity index (χ0n) is 12.8. The normalized spacial score (nSPS) is 10.6. The SMILES string of the molecule is CCCOc1ccc(C=NOC(=O)c2ccc(C)cc2)cc1. The lowest BCUT2D eigenvalue weighted by atomic mass is 10.2. The predicted molar refractivity (Wildman–Crippen MR) is 86.4 cm³/mol. The van der Waals surface area contributed by atoms with Crippen molar-refractivity contribution in [2.75, 3.05) is 6.61 Å². The summed E-state index contributed by atoms with van der Waals surface area (Å²) >= 11 is 0. The average molecular weight is 297 g/mol. The van der Waals surface area contributed by atoms with Crippen LogP contribution < -0.4 is 4.74 Å². The average Bonchev–Trinajstić information content (AvgIpc) is 2.54. The highest BCUT2D eigenvalue weighted by atomic mass is 16.7. The van der Waals surface area contributed by atoms with Crippen LogP contribution in [0.4, 0.5) is 0 Å². The minimum Gasteiger partial charge on any atom is -0.494 e. The summed E-state index contributed by atoms with van der Waals surface area (Å²) in [5.41, 5.74) is 2.40. The summed E-state index contributed by atoms with van der Waals surface area (Å²) in [6, 6.07) is 14.6. The maximum atomic E-state index is 11.8. The van der Waals surface area contributed by atoms with E-state index in [-0.39, 0.29) is 0 Å². The van der Waals surface area contributed by atoms with E-state index in [1.54, 1.807) is 12.1 Å². The Morgan fingerprint density at radius 2 is 1.77 bits per heavy atom. The fourth-order valence-electron chi connectivity index (χ4n) is 1.75. The van der Waals surface area contributed by atoms with Gasteiger partial charge in [0.2, 0.25) is 0 Å². The van der Waals surface area contributed by atoms with E-state index in [1.807, 2.05) is 43.3 Å². The van der Waals surface area contributed by atoms with E-state index in [0.29, 0.717) is 12.2 Å². The molecule has 114 valence electrons. The fraction of sp³-hybridized carbons (Fsp3) is 0.222. The molecule has 0 aliphatic rings. The third-order valence-electron chi connectivity index (χ3n) is 2.98. The van der Waals surface area contributed by atoms with Gasteiger partial charge in [-0.2, -0.15) is 0 Å². The van der Waals surface area contributed by atoms with Gasteiger partial charge in [0.05, 0.1) is 18.4 Å². The second kappa shape index (κ2) is 7.98. The van der Waals surface area contributed by atoms with Crippen LogP contribution in [0, 0.1) is 6.92 Å². The molecule has 0 aliphatic carbocycles. The van der Waals surface area contributed by atoms with E-state index in [4.69, 9.17) is 9.57 Å². The Bertz CT molecular complexity index is 630. The van der Waals surface area contributed by atoms with Crippen LogP contribution in [-0.2, 0) is 4.84 Å². The lowest BCUT2D eigenvalue weighted by molar-refractivity contribution is 0.0519. The molecule has 2 aromatic carbocycles. The Morgan fingerprint density at radius 1 is 1.09 bits per heavy atom. The molecule has 0 saturated heterocycles. The van der Waals surface area contributed by atoms with Crippen molar-refractivity contribution in [2.45, 2.75) is 20.3 Å². The van der Waals surface area contributed by atoms with Crippen LogP contribution in [0.2, 0.25) is 0 Å². The monoisotopic (exact) mass is 297 g/mol. The molecule has 0 bridgehead atoms. The Balaban J connectivity index is 1.89. The summed E-state index contributed by atoms with van der Waals surface area (Å²) in [5.74, 6) is 0.342. The first-order chi connectivity index (χ1) is 10.7. The van der Waals surface area contributed by atoms with E-state index < -0.39 is 5.97 Å². The number of hydrogen-bond donors (Lipinski definition) is 0. The summed E-state index contributed by atoms with van der Waals surface area (Å²) < 4.78 is 5.49. The summed E-state index contributed by atoms with van der Waals surface area (Å²) in [4.78, 5) is 16.6. The number of carbonyl (C=O) groups excluding carboxylic acids is 1. The maximum absolute atomic E-state index is 11.8. The zero-order valence-corrected chi connectivity index (χ0v) is 12.8. The summed E-state index contributed by atoms with van der Waals surface area (Å²) in [6.07, 6.45) is 2.47. The van der Waals surface area contributed by atoms with Crippen LogP contribution in [0.25, 0.3) is 0 Å². The molecule has 0 aromatic heterocycles. The molecule has 2 rings (SSSR count). The molecule has 0 amide bonds. The van der Waals surface area contributed by atoms with Crippen molar-refractivity contribution in [3.63, 3.8) is 0 Å². The topological polar surface area (TPSA) is 47.9 Å². The number of aryl methyl sites for hydroxylation is 1. The first kappa shape index (κ1) is 15.8. The van der Waals surface area contributed by atoms with E-state index in [2.05, 4.69) is 12.1 Å². The number of carbonyl (C=O) groups is 1. The van der Waals surface area contributed by atoms with E-state index in [0.717, 1.165) is 23.3 Å². The summed E-state index contributed by atoms with van der Waals surface area (Å²) in [6.45, 7) is 4.71. The summed E-state index contributed by atoms with van der Waals surface area (Å²) in [5, 5.41) is 3.72. The van der Waals surface area contributed by atoms with Crippen LogP contribution in [-0.4, -0.2) is 18.8 Å². The highest BCUT2D eigenvalue weighted by Gasteiger charge is 2.05. The zero-order chi connectivity index (χ0) is 15.8. The highest BCUT2D eigenvalue weighted by molar-refractivity contribution is 5.90. The summed E-state index contributed by atoms with van der Waals surface area (Å²) in [7, 11) is 0. The van der Waals surface area contributed by atoms with Crippen molar-refractivity contribution in [3.8, 4) is 5.75 Å². The fourth-order valence-corrected chi connectivity index (χ4v) is 1.75. The van der Waals surface area contributed by atoms with Gasteiger partial charge in [0, 0.05) is 0 Å². The van der Waals surface area contributed by atoms with Gasteiger partial charge in [0.25, 0.3) is 0 Å². The maximum Gasteiger partial charge on any atom is 0.365 e. The van der Waals surface area contributed by atoms with Crippen molar-refractivity contribution in [1.82, 2.24) is 0 Å². The quantitative estimate of drug-likeness (QED) is 0.460. The van der Waals surface area contributed by atoms with E-state index >= 15 is 0 Å². The molecule has 22 heavy (non-hydrogen) atoms. The van der Waals surface area contributed by atoms with Gasteiger partial charge < -0.3 is 9.57 Å². The molecule has 4 heteroatoms. The molecule has 0 radical (unpaired) electrons. The van der Waals surface area contributed by atoms with Gasteiger partial charge in [-0.3, -0.25) is 0 Å². The van der Waals surface area contributed by atoms with Gasteiger partial charge in [-0.25, -0.2) is 4.79 Å². The molecule has 0 fully saturated rings. The van der Waals surface area contributed by atoms with Crippen LogP contribution in [0.5, 0.6) is 5.75 Å². The van der Waals surface area contributed by atoms with Crippen LogP contribution in [0.1, 0.15) is 34.8 Å². The Hall–Kier alpha value is -2.62. The van der Waals surface area contributed by atoms with Crippen molar-refractivity contribution in [2.24, 2.45) is 5.16 Å². The lowest BCUT2D eigenvalue weighted by Gasteiger charge is -2.03. The number of oxime groups is 1. The van der Waals surface area contributed by atoms with Gasteiger partial charge in [-0.1, -0.05) is 29.8 Å². The standard InChI is InChI=1S/C18H19NO3/c1-3-12-21-17-10-6-15(7-11-17)13-19-22-18(20)16-8-4-14(2)5-9-16/h4-11,13H,3,12H2,1-2H3. The van der Waals surface area contributed by atoms with Crippen LogP contribution in [0.15, 0.2) is 53.7 Å². The highest BCUT2D eigenvalue weighted by Crippen LogP contribution is 2.11. The van der Waals surface area contributed by atoms with E-state index in [9.17, 15) is 4.79 Å². The smallest absolute Gasteiger partial charge is 0.365 e. The molecule has 4 nitrogen and oxygen atoms in total. The molecular weight excluding hydrogens is 278 g/mol. The number of hydrogen-bond acceptors (Lipinski definition) is 4. The molecule has 2 aromatic rings. The second-order valence-corrected chi connectivity index (χ2v) is 4.90. The van der Waals surface area contributed by atoms with Gasteiger partial charge in [-0.05, 0) is 55.3 Å². The Morgan fingerprint density at radius 3 is 2.41 bits per heavy atom. The number of benzene rings is 2. The predicted octanol–water partition coefficient (Wildman–Crippen LogP) is 3.97. The molecule has 0 heterocycles. The number of nitrogens with zero attached hydrogens (tertiary/aromatic N) is 1. The molecule has 0 atom stereocenters. The Kier molecular flexibility index (Phi) is 5.72. The van der Waals surface area contributed by atoms with Gasteiger partial charge >= 0.3 is 5.97 Å². The molecule has 0 unspecified atom stereocenters. The van der Waals surface area contributed by atoms with Crippen molar-refractivity contribution < 1.29 is 14.4 Å². The number of ether oxygens (including phenoxy) is 1. The van der Waals surface area contributed by atoms with Gasteiger partial charge in [0.15, 0.2) is 0 Å². The van der Waals surface area contributed by atoms with Gasteiger partial charge in [-0.15, -0.1) is 0 Å². The molecular formula is C18H19NO3. The minimum absolute atomic E-state index is 0.473. The largest absolute Gasteiger partial charge is 0.494 e. The second-order valence-electron chi connectivity index (χ2n) is 4.90. The van der Waals surface area contributed by atoms with Crippen molar-refractivity contribution in [1.29, 1.82) is 0 Å². The number of rotatable bonds is 6. The molecule has 0 spiro atoms. The van der Waals surface area contributed by atoms with E-state index in [1.165, 1.54) is 6.21 Å². The molecule has 0 aliphatic heterocycles.